The molecule has 1 aliphatic heterocycles. The fourth-order valence-electron chi connectivity index (χ4n) is 3.57. The van der Waals surface area contributed by atoms with Gasteiger partial charge >= 0.3 is 6.18 Å². The summed E-state index contributed by atoms with van der Waals surface area (Å²) in [5, 5.41) is 0. The lowest BCUT2D eigenvalue weighted by atomic mass is 9.79. The quantitative estimate of drug-likeness (QED) is 0.404. The van der Waals surface area contributed by atoms with Crippen LogP contribution in [0.1, 0.15) is 26.3 Å². The van der Waals surface area contributed by atoms with E-state index in [-0.39, 0.29) is 36.2 Å². The summed E-state index contributed by atoms with van der Waals surface area (Å²) < 4.78 is 57.9. The lowest BCUT2D eigenvalue weighted by Crippen LogP contribution is -2.49. The Bertz CT molecular complexity index is 842. The summed E-state index contributed by atoms with van der Waals surface area (Å²) in [6.07, 6.45) is -6.18. The van der Waals surface area contributed by atoms with Gasteiger partial charge in [0.05, 0.1) is 25.0 Å². The molecule has 1 fully saturated rings. The number of halogens is 3. The average Bonchev–Trinajstić information content (AvgIpc) is 2.75. The molecule has 0 N–H and O–H groups in total. The minimum atomic E-state index is -4.73. The molecule has 5 atom stereocenters. The lowest BCUT2D eigenvalue weighted by molar-refractivity contribution is -0.237. The van der Waals surface area contributed by atoms with E-state index in [0.29, 0.717) is 6.61 Å². The van der Waals surface area contributed by atoms with Gasteiger partial charge in [0.2, 0.25) is 6.29 Å². The van der Waals surface area contributed by atoms with E-state index in [1.807, 2.05) is 51.1 Å². The van der Waals surface area contributed by atoms with Crippen molar-refractivity contribution in [2.45, 2.75) is 45.9 Å². The standard InChI is InChI=1S/C24H28F3NO3/c1-16-17(2)21(15-29-14-19-10-6-4-7-11-19)30-22(18(16)3)31-23(24(25,26)27)28-20-12-8-5-9-13-20/h4-13,16-18,21-22H,14-15H2,1-3H3/t16-,17-,18?,21?,22?/m0/s1. The maximum absolute atomic E-state index is 13.6. The minimum absolute atomic E-state index is 0.0790. The van der Waals surface area contributed by atoms with Crippen LogP contribution >= 0.6 is 0 Å². The molecule has 2 aromatic rings. The van der Waals surface area contributed by atoms with Crippen molar-refractivity contribution in [3.05, 3.63) is 66.2 Å². The molecule has 1 saturated heterocycles. The maximum atomic E-state index is 13.6. The second-order valence-electron chi connectivity index (χ2n) is 7.99. The molecule has 3 unspecified atom stereocenters. The topological polar surface area (TPSA) is 40.0 Å². The number of benzene rings is 2. The number of nitrogens with zero attached hydrogens (tertiary/aromatic N) is 1. The Morgan fingerprint density at radius 1 is 0.903 bits per heavy atom. The Balaban J connectivity index is 1.70. The zero-order valence-corrected chi connectivity index (χ0v) is 17.9. The number of para-hydroxylation sites is 1. The van der Waals surface area contributed by atoms with Crippen LogP contribution in [0.15, 0.2) is 65.7 Å². The van der Waals surface area contributed by atoms with Gasteiger partial charge < -0.3 is 14.2 Å². The third-order valence-electron chi connectivity index (χ3n) is 5.83. The molecule has 0 radical (unpaired) electrons. The summed E-state index contributed by atoms with van der Waals surface area (Å²) in [5.74, 6) is -1.37. The monoisotopic (exact) mass is 435 g/mol. The molecule has 2 aromatic carbocycles. The van der Waals surface area contributed by atoms with Crippen LogP contribution in [0, 0.1) is 17.8 Å². The van der Waals surface area contributed by atoms with Crippen molar-refractivity contribution in [1.29, 1.82) is 0 Å². The van der Waals surface area contributed by atoms with Crippen LogP contribution in [0.3, 0.4) is 0 Å². The Morgan fingerprint density at radius 2 is 1.52 bits per heavy atom. The zero-order valence-electron chi connectivity index (χ0n) is 17.9. The molecule has 4 nitrogen and oxygen atoms in total. The Hall–Kier alpha value is -2.38. The maximum Gasteiger partial charge on any atom is 0.468 e. The van der Waals surface area contributed by atoms with Gasteiger partial charge in [-0.2, -0.15) is 13.2 Å². The second kappa shape index (κ2) is 10.3. The Labute approximate surface area is 181 Å². The zero-order chi connectivity index (χ0) is 22.4. The van der Waals surface area contributed by atoms with Crippen LogP contribution in [-0.4, -0.2) is 31.1 Å². The first-order chi connectivity index (χ1) is 14.8. The molecule has 0 bridgehead atoms. The molecule has 168 valence electrons. The normalized spacial score (nSPS) is 27.2. The van der Waals surface area contributed by atoms with Crippen LogP contribution in [0.4, 0.5) is 18.9 Å². The number of rotatable bonds is 6. The largest absolute Gasteiger partial charge is 0.468 e. The van der Waals surface area contributed by atoms with Crippen LogP contribution in [0.5, 0.6) is 0 Å². The van der Waals surface area contributed by atoms with Gasteiger partial charge in [0, 0.05) is 5.92 Å². The molecule has 7 heteroatoms. The first-order valence-corrected chi connectivity index (χ1v) is 10.4. The summed E-state index contributed by atoms with van der Waals surface area (Å²) in [6.45, 7) is 6.54. The van der Waals surface area contributed by atoms with Gasteiger partial charge in [-0.1, -0.05) is 69.3 Å². The third kappa shape index (κ3) is 6.31. The SMILES string of the molecule is CC1C(OC(=Nc2ccccc2)C(F)(F)F)OC(COCc2ccccc2)[C@@H](C)[C@@H]1C. The van der Waals surface area contributed by atoms with E-state index in [1.165, 1.54) is 12.1 Å². The molecule has 1 aliphatic rings. The molecule has 3 rings (SSSR count). The number of hydrogen-bond donors (Lipinski definition) is 0. The molecular formula is C24H28F3NO3. The van der Waals surface area contributed by atoms with E-state index < -0.39 is 18.4 Å². The van der Waals surface area contributed by atoms with Crippen LogP contribution in [0.25, 0.3) is 0 Å². The molecule has 0 amide bonds. The van der Waals surface area contributed by atoms with Gasteiger partial charge in [0.25, 0.3) is 5.90 Å². The summed E-state index contributed by atoms with van der Waals surface area (Å²) in [4.78, 5) is 3.69. The van der Waals surface area contributed by atoms with Crippen molar-refractivity contribution in [1.82, 2.24) is 0 Å². The molecular weight excluding hydrogens is 407 g/mol. The predicted molar refractivity (Wildman–Crippen MR) is 113 cm³/mol. The van der Waals surface area contributed by atoms with E-state index in [4.69, 9.17) is 14.2 Å². The van der Waals surface area contributed by atoms with E-state index in [1.54, 1.807) is 18.2 Å². The van der Waals surface area contributed by atoms with Crippen LogP contribution in [-0.2, 0) is 20.8 Å². The summed E-state index contributed by atoms with van der Waals surface area (Å²) >= 11 is 0. The fourth-order valence-corrected chi connectivity index (χ4v) is 3.57. The molecule has 1 heterocycles. The highest BCUT2D eigenvalue weighted by molar-refractivity contribution is 5.84. The lowest BCUT2D eigenvalue weighted by Gasteiger charge is -2.43. The fraction of sp³-hybridized carbons (Fsp3) is 0.458. The number of aliphatic imine (C=N–C) groups is 1. The summed E-state index contributed by atoms with van der Waals surface area (Å²) in [7, 11) is 0. The van der Waals surface area contributed by atoms with Crippen molar-refractivity contribution in [2.24, 2.45) is 22.7 Å². The number of ether oxygens (including phenoxy) is 3. The molecule has 0 aromatic heterocycles. The van der Waals surface area contributed by atoms with Crippen LogP contribution in [0.2, 0.25) is 0 Å². The van der Waals surface area contributed by atoms with E-state index >= 15 is 0 Å². The number of alkyl halides is 3. The van der Waals surface area contributed by atoms with Crippen molar-refractivity contribution < 1.29 is 27.4 Å². The van der Waals surface area contributed by atoms with Gasteiger partial charge in [-0.15, -0.1) is 0 Å². The van der Waals surface area contributed by atoms with E-state index in [2.05, 4.69) is 4.99 Å². The number of hydrogen-bond acceptors (Lipinski definition) is 4. The highest BCUT2D eigenvalue weighted by Crippen LogP contribution is 2.37. The molecule has 31 heavy (non-hydrogen) atoms. The van der Waals surface area contributed by atoms with Crippen LogP contribution < -0.4 is 0 Å². The Morgan fingerprint density at radius 3 is 2.13 bits per heavy atom. The van der Waals surface area contributed by atoms with Gasteiger partial charge in [-0.25, -0.2) is 4.99 Å². The van der Waals surface area contributed by atoms with Gasteiger partial charge in [0.1, 0.15) is 0 Å². The molecule has 0 spiro atoms. The minimum Gasteiger partial charge on any atom is -0.444 e. The second-order valence-corrected chi connectivity index (χ2v) is 7.99. The van der Waals surface area contributed by atoms with E-state index in [0.717, 1.165) is 5.56 Å². The first-order valence-electron chi connectivity index (χ1n) is 10.4. The summed E-state index contributed by atoms with van der Waals surface area (Å²) in [5.41, 5.74) is 1.19. The summed E-state index contributed by atoms with van der Waals surface area (Å²) in [6, 6.07) is 17.6. The third-order valence-corrected chi connectivity index (χ3v) is 5.83. The molecule has 0 saturated carbocycles. The highest BCUT2D eigenvalue weighted by Gasteiger charge is 2.45. The van der Waals surface area contributed by atoms with Crippen molar-refractivity contribution in [2.75, 3.05) is 6.61 Å². The van der Waals surface area contributed by atoms with Crippen molar-refractivity contribution in [3.8, 4) is 0 Å². The smallest absolute Gasteiger partial charge is 0.444 e. The van der Waals surface area contributed by atoms with Gasteiger partial charge in [0.15, 0.2) is 0 Å². The Kier molecular flexibility index (Phi) is 7.73. The van der Waals surface area contributed by atoms with Crippen molar-refractivity contribution >= 4 is 11.6 Å². The predicted octanol–water partition coefficient (Wildman–Crippen LogP) is 6.15. The molecule has 0 aliphatic carbocycles. The highest BCUT2D eigenvalue weighted by atomic mass is 19.4. The van der Waals surface area contributed by atoms with Gasteiger partial charge in [-0.05, 0) is 29.5 Å². The van der Waals surface area contributed by atoms with E-state index in [9.17, 15) is 13.2 Å². The average molecular weight is 435 g/mol. The first kappa shape index (κ1) is 23.3. The van der Waals surface area contributed by atoms with Crippen molar-refractivity contribution in [3.63, 3.8) is 0 Å². The van der Waals surface area contributed by atoms with Gasteiger partial charge in [-0.3, -0.25) is 0 Å².